The molecule has 0 saturated carbocycles. The van der Waals surface area contributed by atoms with Crippen molar-refractivity contribution in [1.82, 2.24) is 40.9 Å². The Balaban J connectivity index is 0.00000139. The molecule has 13 heterocycles. The standard InChI is InChI=1S/C18H24N2.C13H19BN2O3.2C12H24B2O4.2C8H12.C7H7BrN2O.C7H8N2O.C2H6.2CH4O.3CH4.2Ir/c1-17(2,3)13-7-9-19-15(11-13)16-12-14(8-10-20-16)18(4,5)6;1-12(2)13(3,4)19-14(18-12)10-7-8-9(16-10)5-6-15-11(8)17;2*1-9(2)10(3,4)16-13(15-9)14-17-11(5,6)12(7,8)18-14;2*1-2-4-6-8-7-5-3-1;8-6-3-4-5(10-6)1-2-9-7(4)11;10-7-5-1-3-8-6(5)2-4-9-7;3*1-2;;;;;/h7-12H,1-6H3;7,16H,5-6H2,1-4H3,(H,15,17);2*1-8H3;2*1-2,7-8H,3-6H2;3,10H,1-2H2,(H,9,11);1,3,8H,2,4H2,(H,9,10);1-2H3;2*2H,1H3;3*1H4;;/p+2/b;;;;2*2-1-,8-7?;;;;;;;;;;. The van der Waals surface area contributed by atoms with Gasteiger partial charge >= 0.3 is 35.2 Å². The van der Waals surface area contributed by atoms with Crippen molar-refractivity contribution in [2.75, 3.05) is 33.9 Å². The summed E-state index contributed by atoms with van der Waals surface area (Å²) in [5.74, 6) is 0.0379. The Morgan fingerprint density at radius 3 is 0.878 bits per heavy atom. The van der Waals surface area contributed by atoms with Crippen LogP contribution in [0.5, 0.6) is 0 Å². The van der Waals surface area contributed by atoms with Crippen LogP contribution in [0.1, 0.15) is 327 Å². The smallest absolute Gasteiger partial charge is 0.448 e. The predicted molar refractivity (Wildman–Crippen MR) is 507 cm³/mol. The maximum atomic E-state index is 11.8. The zero-order valence-corrected chi connectivity index (χ0v) is 84.3. The molecule has 10 aliphatic rings. The minimum atomic E-state index is -0.476. The maximum absolute atomic E-state index is 11.8. The van der Waals surface area contributed by atoms with E-state index in [2.05, 4.69) is 171 Å². The van der Waals surface area contributed by atoms with E-state index in [0.717, 1.165) is 82.1 Å². The number of pyridine rings is 2. The number of amides is 3. The van der Waals surface area contributed by atoms with Gasteiger partial charge in [-0.3, -0.25) is 24.4 Å². The summed E-state index contributed by atoms with van der Waals surface area (Å²) in [6, 6.07) is 13.9. The van der Waals surface area contributed by atoms with Gasteiger partial charge in [0.05, 0.1) is 88.7 Å². The molecule has 3 amide bonds. The molecular formula is C92H158B5BrIr2N8O15+2. The minimum absolute atomic E-state index is 0. The van der Waals surface area contributed by atoms with Crippen LogP contribution in [0.25, 0.3) is 11.4 Å². The minimum Gasteiger partial charge on any atom is -0.448 e. The van der Waals surface area contributed by atoms with Gasteiger partial charge in [0.15, 0.2) is 0 Å². The quantitative estimate of drug-likeness (QED) is 0.0554. The number of aromatic nitrogens is 5. The summed E-state index contributed by atoms with van der Waals surface area (Å²) in [5.41, 5.74) is 7.23. The van der Waals surface area contributed by atoms with E-state index in [1.54, 1.807) is 6.20 Å². The average Bonchev–Trinajstić information content (AvgIpc) is 1.60. The summed E-state index contributed by atoms with van der Waals surface area (Å²) < 4.78 is 60.5. The number of carbonyl (C=O) groups is 3. The molecule has 0 bridgehead atoms. The number of halogens is 1. The van der Waals surface area contributed by atoms with E-state index in [1.807, 2.05) is 183 Å². The zero-order valence-electron chi connectivity index (χ0n) is 77.9. The van der Waals surface area contributed by atoms with E-state index in [-0.39, 0.29) is 147 Å². The molecule has 0 unspecified atom stereocenters. The van der Waals surface area contributed by atoms with E-state index < -0.39 is 35.2 Å². The summed E-state index contributed by atoms with van der Waals surface area (Å²) in [7, 11) is 0.155. The molecule has 5 saturated heterocycles. The molecule has 5 aromatic heterocycles. The fourth-order valence-corrected chi connectivity index (χ4v) is 13.1. The second kappa shape index (κ2) is 50.3. The molecule has 8 aliphatic heterocycles. The molecule has 0 aromatic carbocycles. The zero-order chi connectivity index (χ0) is 88.9. The number of hydrogen-bond acceptors (Lipinski definition) is 15. The van der Waals surface area contributed by atoms with E-state index in [4.69, 9.17) is 56.8 Å². The van der Waals surface area contributed by atoms with Crippen LogP contribution in [0, 0.1) is 0 Å². The summed E-state index contributed by atoms with van der Waals surface area (Å²) in [4.78, 5) is 52.3. The fraction of sp³-hybridized carbons (Fsp3) is 0.641. The van der Waals surface area contributed by atoms with Crippen LogP contribution in [-0.4, -0.2) is 178 Å². The SMILES string of the molecule is C.C.C.C1=CCC/C=C\CC1.C1=CCC/C=C\CC1.CC.CC(C)(C)c1ccnc(-c2cc(C(C)(C)C)ccn2)c1.CC1(C)OB(B2OC(C)(C)C(C)(C)O2)OC1(C)C.CC1(C)OB(B2OC(C)(C)C(C)(C)O2)OC1(C)C.CC1(C)OB(c2cc3c([nH]2)CCNC3=O)OC1(C)C.C[OH2+].C[OH2+].O=C1NCCc2[nH]c(Br)cc21.O=C1NCCc2[nH]ccc21.[Ir].[Ir]. The molecule has 0 spiro atoms. The van der Waals surface area contributed by atoms with Crippen molar-refractivity contribution in [2.45, 2.75) is 354 Å². The van der Waals surface area contributed by atoms with Gasteiger partial charge in [-0.2, -0.15) is 0 Å². The van der Waals surface area contributed by atoms with Crippen molar-refractivity contribution in [1.29, 1.82) is 0 Å². The Labute approximate surface area is 779 Å². The van der Waals surface area contributed by atoms with Crippen molar-refractivity contribution < 1.29 is 111 Å². The Hall–Kier alpha value is -4.87. The van der Waals surface area contributed by atoms with Crippen molar-refractivity contribution in [3.05, 3.63) is 159 Å². The van der Waals surface area contributed by atoms with Crippen LogP contribution in [0.2, 0.25) is 0 Å². The average molecular weight is 2130 g/mol. The van der Waals surface area contributed by atoms with Gasteiger partial charge in [-0.15, -0.1) is 0 Å². The molecule has 5 fully saturated rings. The van der Waals surface area contributed by atoms with Crippen molar-refractivity contribution >= 4 is 74.4 Å². The van der Waals surface area contributed by atoms with E-state index >= 15 is 0 Å². The number of nitrogens with one attached hydrogen (secondary N) is 6. The molecule has 10 N–H and O–H groups in total. The van der Waals surface area contributed by atoms with E-state index in [1.165, 1.54) is 76.7 Å². The van der Waals surface area contributed by atoms with Crippen molar-refractivity contribution in [3.8, 4) is 11.4 Å². The van der Waals surface area contributed by atoms with Gasteiger partial charge < -0.3 is 87.7 Å². The van der Waals surface area contributed by atoms with E-state index in [0.29, 0.717) is 12.1 Å². The number of H-pyrrole nitrogens is 3. The number of allylic oxidation sites excluding steroid dienone is 8. The fourth-order valence-electron chi connectivity index (χ4n) is 12.7. The Morgan fingerprint density at radius 1 is 0.366 bits per heavy atom. The largest absolute Gasteiger partial charge is 0.512 e. The van der Waals surface area contributed by atoms with Crippen LogP contribution in [0.3, 0.4) is 0 Å². The first-order valence-electron chi connectivity index (χ1n) is 42.3. The Morgan fingerprint density at radius 2 is 0.618 bits per heavy atom. The first kappa shape index (κ1) is 118. The Kier molecular flexibility index (Phi) is 48.4. The summed E-state index contributed by atoms with van der Waals surface area (Å²) in [5, 5.41) is 19.9. The molecule has 123 heavy (non-hydrogen) atoms. The molecule has 31 heteroatoms. The second-order valence-corrected chi connectivity index (χ2v) is 38.0. The van der Waals surface area contributed by atoms with Gasteiger partial charge in [0, 0.05) is 120 Å². The van der Waals surface area contributed by atoms with Crippen molar-refractivity contribution in [3.63, 3.8) is 0 Å². The van der Waals surface area contributed by atoms with Crippen LogP contribution >= 0.6 is 15.9 Å². The van der Waals surface area contributed by atoms with Crippen LogP contribution < -0.4 is 21.5 Å². The third-order valence-electron chi connectivity index (χ3n) is 23.6. The van der Waals surface area contributed by atoms with Crippen molar-refractivity contribution in [2.24, 2.45) is 0 Å². The normalized spacial score (nSPS) is 21.1. The van der Waals surface area contributed by atoms with Gasteiger partial charge in [-0.05, 0) is 270 Å². The number of hydrogen-bond donors (Lipinski definition) is 6. The molecular weight excluding hydrogens is 1980 g/mol. The number of aromatic amines is 3. The number of fused-ring (bicyclic) bond motifs is 3. The third-order valence-corrected chi connectivity index (χ3v) is 24.0. The molecule has 2 radical (unpaired) electrons. The molecule has 0 atom stereocenters. The molecule has 694 valence electrons. The van der Waals surface area contributed by atoms with Gasteiger partial charge in [0.1, 0.15) is 14.2 Å². The topological polar surface area (TPSA) is 299 Å². The summed E-state index contributed by atoms with van der Waals surface area (Å²) in [6.45, 7) is 59.9. The van der Waals surface area contributed by atoms with Gasteiger partial charge in [0.2, 0.25) is 0 Å². The monoisotopic (exact) mass is 2140 g/mol. The third kappa shape index (κ3) is 32.6. The van der Waals surface area contributed by atoms with Crippen LogP contribution in [0.15, 0.2) is 114 Å². The second-order valence-electron chi connectivity index (χ2n) is 37.2. The first-order valence-corrected chi connectivity index (χ1v) is 43.1. The van der Waals surface area contributed by atoms with Gasteiger partial charge in [-0.1, -0.05) is 126 Å². The summed E-state index contributed by atoms with van der Waals surface area (Å²) >= 11 is 3.28. The Bertz CT molecular complexity index is 3790. The number of nitrogens with zero attached hydrogens (tertiary/aromatic N) is 2. The predicted octanol–water partition coefficient (Wildman–Crippen LogP) is 18.2. The van der Waals surface area contributed by atoms with Crippen LogP contribution in [-0.2, 0) is 117 Å². The first-order chi connectivity index (χ1) is 54.9. The van der Waals surface area contributed by atoms with Gasteiger partial charge in [0.25, 0.3) is 17.7 Å². The molecule has 15 rings (SSSR count). The maximum Gasteiger partial charge on any atom is 0.512 e. The van der Waals surface area contributed by atoms with Crippen LogP contribution in [0.4, 0.5) is 0 Å². The van der Waals surface area contributed by atoms with E-state index in [9.17, 15) is 14.4 Å². The molecule has 2 aliphatic carbocycles. The molecule has 23 nitrogen and oxygen atoms in total. The molecule has 5 aromatic rings. The summed E-state index contributed by atoms with van der Waals surface area (Å²) in [6.07, 6.45) is 36.2. The number of rotatable bonds is 4. The number of carbonyl (C=O) groups excluding carboxylic acids is 3. The van der Waals surface area contributed by atoms with Gasteiger partial charge in [-0.25, -0.2) is 0 Å².